The van der Waals surface area contributed by atoms with E-state index in [1.165, 1.54) is 6.92 Å². The monoisotopic (exact) mass is 151 g/mol. The molecule has 54 valence electrons. The molecule has 0 aliphatic carbocycles. The highest BCUT2D eigenvalue weighted by Gasteiger charge is 2.20. The van der Waals surface area contributed by atoms with Crippen LogP contribution in [0.25, 0.3) is 0 Å². The smallest absolute Gasteiger partial charge is 0.220 e. The molecule has 3 nitrogen and oxygen atoms in total. The number of rotatable bonds is 3. The van der Waals surface area contributed by atoms with Gasteiger partial charge in [0.15, 0.2) is 0 Å². The van der Waals surface area contributed by atoms with Crippen molar-refractivity contribution in [3.05, 3.63) is 0 Å². The van der Waals surface area contributed by atoms with Gasteiger partial charge in [-0.25, -0.2) is 0 Å². The van der Waals surface area contributed by atoms with Crippen LogP contribution in [0.4, 0.5) is 0 Å². The minimum Gasteiger partial charge on any atom is -0.388 e. The molecule has 0 aliphatic rings. The van der Waals surface area contributed by atoms with Crippen LogP contribution in [-0.2, 0) is 4.79 Å². The van der Waals surface area contributed by atoms with Crippen LogP contribution in [-0.4, -0.2) is 22.5 Å². The van der Waals surface area contributed by atoms with Gasteiger partial charge in [0.1, 0.15) is 0 Å². The summed E-state index contributed by atoms with van der Waals surface area (Å²) in [4.78, 5) is 10.2. The van der Waals surface area contributed by atoms with E-state index in [2.05, 4.69) is 0 Å². The van der Waals surface area contributed by atoms with E-state index in [4.69, 9.17) is 22.4 Å². The lowest BCUT2D eigenvalue weighted by molar-refractivity contribution is -0.121. The fourth-order valence-electron chi connectivity index (χ4n) is 0.423. The molecule has 0 spiro atoms. The molecule has 0 aromatic carbocycles. The standard InChI is InChI=1S/C5H10ClNO2/c1-5(9,3-6)2-4(7)8/h9H,2-3H2,1H3,(H2,7,8). The summed E-state index contributed by atoms with van der Waals surface area (Å²) in [6, 6.07) is 0. The van der Waals surface area contributed by atoms with Gasteiger partial charge in [-0.15, -0.1) is 11.6 Å². The summed E-state index contributed by atoms with van der Waals surface area (Å²) in [5, 5.41) is 9.06. The molecule has 0 heterocycles. The fraction of sp³-hybridized carbons (Fsp3) is 0.800. The third kappa shape index (κ3) is 4.24. The van der Waals surface area contributed by atoms with Gasteiger partial charge in [-0.1, -0.05) is 0 Å². The molecule has 0 radical (unpaired) electrons. The molecule has 0 saturated heterocycles. The fourth-order valence-corrected chi connectivity index (χ4v) is 0.517. The Morgan fingerprint density at radius 2 is 2.33 bits per heavy atom. The summed E-state index contributed by atoms with van der Waals surface area (Å²) >= 11 is 5.28. The molecule has 3 N–H and O–H groups in total. The van der Waals surface area contributed by atoms with E-state index in [1.54, 1.807) is 0 Å². The number of hydrogen-bond acceptors (Lipinski definition) is 2. The summed E-state index contributed by atoms with van der Waals surface area (Å²) in [6.45, 7) is 1.46. The minimum absolute atomic E-state index is 0.0237. The largest absolute Gasteiger partial charge is 0.388 e. The maximum Gasteiger partial charge on any atom is 0.220 e. The molecule has 1 unspecified atom stereocenters. The molecule has 0 saturated carbocycles. The quantitative estimate of drug-likeness (QED) is 0.551. The number of carbonyl (C=O) groups is 1. The van der Waals surface area contributed by atoms with Crippen molar-refractivity contribution >= 4 is 17.5 Å². The SMILES string of the molecule is CC(O)(CCl)CC(N)=O. The lowest BCUT2D eigenvalue weighted by Gasteiger charge is -2.16. The van der Waals surface area contributed by atoms with Gasteiger partial charge in [0, 0.05) is 0 Å². The summed E-state index contributed by atoms with van der Waals surface area (Å²) < 4.78 is 0. The first-order valence-corrected chi connectivity index (χ1v) is 3.08. The minimum atomic E-state index is -1.15. The molecule has 0 aromatic heterocycles. The second-order valence-electron chi connectivity index (χ2n) is 2.27. The van der Waals surface area contributed by atoms with Crippen LogP contribution in [0.5, 0.6) is 0 Å². The van der Waals surface area contributed by atoms with Crippen molar-refractivity contribution in [2.45, 2.75) is 18.9 Å². The van der Waals surface area contributed by atoms with Gasteiger partial charge in [0.25, 0.3) is 0 Å². The maximum atomic E-state index is 10.2. The van der Waals surface area contributed by atoms with Gasteiger partial charge < -0.3 is 10.8 Å². The van der Waals surface area contributed by atoms with E-state index in [0.29, 0.717) is 0 Å². The van der Waals surface area contributed by atoms with Crippen LogP contribution < -0.4 is 5.73 Å². The van der Waals surface area contributed by atoms with E-state index in [0.717, 1.165) is 0 Å². The Hall–Kier alpha value is -0.280. The van der Waals surface area contributed by atoms with Crippen LogP contribution >= 0.6 is 11.6 Å². The normalized spacial score (nSPS) is 16.8. The van der Waals surface area contributed by atoms with Crippen LogP contribution in [0.15, 0.2) is 0 Å². The van der Waals surface area contributed by atoms with Gasteiger partial charge in [-0.3, -0.25) is 4.79 Å². The van der Waals surface area contributed by atoms with Crippen molar-refractivity contribution in [3.8, 4) is 0 Å². The first kappa shape index (κ1) is 8.72. The predicted molar refractivity (Wildman–Crippen MR) is 35.2 cm³/mol. The average molecular weight is 152 g/mol. The van der Waals surface area contributed by atoms with Crippen molar-refractivity contribution in [1.82, 2.24) is 0 Å². The van der Waals surface area contributed by atoms with Crippen LogP contribution in [0.1, 0.15) is 13.3 Å². The lowest BCUT2D eigenvalue weighted by atomic mass is 10.1. The van der Waals surface area contributed by atoms with Crippen LogP contribution in [0.3, 0.4) is 0 Å². The molecule has 4 heteroatoms. The van der Waals surface area contributed by atoms with E-state index in [-0.39, 0.29) is 12.3 Å². The number of alkyl halides is 1. The average Bonchev–Trinajstić information content (AvgIpc) is 1.63. The first-order valence-electron chi connectivity index (χ1n) is 2.54. The molecule has 0 aliphatic heterocycles. The zero-order chi connectivity index (χ0) is 7.49. The highest BCUT2D eigenvalue weighted by molar-refractivity contribution is 6.18. The van der Waals surface area contributed by atoms with Crippen molar-refractivity contribution < 1.29 is 9.90 Å². The number of halogens is 1. The van der Waals surface area contributed by atoms with Crippen molar-refractivity contribution in [2.75, 3.05) is 5.88 Å². The summed E-state index contributed by atoms with van der Waals surface area (Å²) in [7, 11) is 0. The number of amides is 1. The zero-order valence-corrected chi connectivity index (χ0v) is 5.98. The van der Waals surface area contributed by atoms with Gasteiger partial charge in [0.05, 0.1) is 17.9 Å². The van der Waals surface area contributed by atoms with Crippen molar-refractivity contribution in [3.63, 3.8) is 0 Å². The van der Waals surface area contributed by atoms with Gasteiger partial charge in [-0.05, 0) is 6.92 Å². The van der Waals surface area contributed by atoms with Crippen molar-refractivity contribution in [2.24, 2.45) is 5.73 Å². The molecule has 0 aromatic rings. The van der Waals surface area contributed by atoms with Crippen molar-refractivity contribution in [1.29, 1.82) is 0 Å². The Morgan fingerprint density at radius 1 is 1.89 bits per heavy atom. The Bertz CT molecular complexity index is 114. The van der Waals surface area contributed by atoms with Crippen LogP contribution in [0, 0.1) is 0 Å². The third-order valence-corrected chi connectivity index (χ3v) is 1.42. The second kappa shape index (κ2) is 3.03. The second-order valence-corrected chi connectivity index (χ2v) is 2.54. The third-order valence-electron chi connectivity index (χ3n) is 0.843. The zero-order valence-electron chi connectivity index (χ0n) is 5.22. The Balaban J connectivity index is 3.71. The van der Waals surface area contributed by atoms with E-state index < -0.39 is 11.5 Å². The molecule has 9 heavy (non-hydrogen) atoms. The number of primary amides is 1. The predicted octanol–water partition coefficient (Wildman–Crippen LogP) is -0.148. The van der Waals surface area contributed by atoms with E-state index in [1.807, 2.05) is 0 Å². The van der Waals surface area contributed by atoms with Gasteiger partial charge >= 0.3 is 0 Å². The molecule has 1 atom stereocenters. The molecule has 0 fully saturated rings. The van der Waals surface area contributed by atoms with E-state index in [9.17, 15) is 4.79 Å². The molecular weight excluding hydrogens is 142 g/mol. The Labute approximate surface area is 58.8 Å². The Kier molecular flexibility index (Phi) is 2.94. The number of nitrogens with two attached hydrogens (primary N) is 1. The van der Waals surface area contributed by atoms with Crippen LogP contribution in [0.2, 0.25) is 0 Å². The van der Waals surface area contributed by atoms with Gasteiger partial charge in [0.2, 0.25) is 5.91 Å². The molecule has 0 rings (SSSR count). The number of aliphatic hydroxyl groups is 1. The lowest BCUT2D eigenvalue weighted by Crippen LogP contribution is -2.32. The number of carbonyl (C=O) groups excluding carboxylic acids is 1. The topological polar surface area (TPSA) is 63.3 Å². The molecule has 0 bridgehead atoms. The first-order chi connectivity index (χ1) is 3.98. The highest BCUT2D eigenvalue weighted by atomic mass is 35.5. The summed E-state index contributed by atoms with van der Waals surface area (Å²) in [5.74, 6) is -0.517. The van der Waals surface area contributed by atoms with E-state index >= 15 is 0 Å². The highest BCUT2D eigenvalue weighted by Crippen LogP contribution is 2.09. The van der Waals surface area contributed by atoms with Gasteiger partial charge in [-0.2, -0.15) is 0 Å². The maximum absolute atomic E-state index is 10.2. The Morgan fingerprint density at radius 3 is 2.44 bits per heavy atom. The summed E-state index contributed by atoms with van der Waals surface area (Å²) in [6.07, 6.45) is -0.0868. The molecule has 1 amide bonds. The molecular formula is C5H10ClNO2. The number of hydrogen-bond donors (Lipinski definition) is 2. The summed E-state index contributed by atoms with van der Waals surface area (Å²) in [5.41, 5.74) is 3.65.